The summed E-state index contributed by atoms with van der Waals surface area (Å²) in [6.45, 7) is 1.79. The van der Waals surface area contributed by atoms with Crippen molar-refractivity contribution in [2.45, 2.75) is 19.4 Å². The lowest BCUT2D eigenvalue weighted by Crippen LogP contribution is -2.34. The van der Waals surface area contributed by atoms with Crippen LogP contribution in [0.5, 0.6) is 0 Å². The third-order valence-corrected chi connectivity index (χ3v) is 4.13. The first-order chi connectivity index (χ1) is 13.0. The Morgan fingerprint density at radius 1 is 1.11 bits per heavy atom. The molecular formula is C20H19N3O4. The summed E-state index contributed by atoms with van der Waals surface area (Å²) in [5.41, 5.74) is 2.31. The second-order valence-electron chi connectivity index (χ2n) is 6.10. The van der Waals surface area contributed by atoms with Crippen LogP contribution in [0.15, 0.2) is 59.7 Å². The molecule has 3 rings (SSSR count). The first-order valence-corrected chi connectivity index (χ1v) is 8.40. The minimum Gasteiger partial charge on any atom is -0.467 e. The summed E-state index contributed by atoms with van der Waals surface area (Å²) in [6, 6.07) is 14.4. The fraction of sp³-hybridized carbons (Fsp3) is 0.200. The molecule has 1 aliphatic heterocycles. The lowest BCUT2D eigenvalue weighted by atomic mass is 10.1. The molecule has 0 saturated carbocycles. The van der Waals surface area contributed by atoms with Gasteiger partial charge in [-0.1, -0.05) is 30.3 Å². The highest BCUT2D eigenvalue weighted by molar-refractivity contribution is 6.12. The fourth-order valence-electron chi connectivity index (χ4n) is 2.77. The predicted octanol–water partition coefficient (Wildman–Crippen LogP) is 2.44. The number of nitrogens with one attached hydrogen (secondary N) is 1. The van der Waals surface area contributed by atoms with Crippen molar-refractivity contribution < 1.29 is 19.1 Å². The van der Waals surface area contributed by atoms with Crippen LogP contribution in [0, 0.1) is 0 Å². The van der Waals surface area contributed by atoms with Crippen LogP contribution in [-0.2, 0) is 14.3 Å². The van der Waals surface area contributed by atoms with E-state index < -0.39 is 17.9 Å². The van der Waals surface area contributed by atoms with E-state index in [2.05, 4.69) is 10.4 Å². The van der Waals surface area contributed by atoms with E-state index in [-0.39, 0.29) is 5.91 Å². The summed E-state index contributed by atoms with van der Waals surface area (Å²) in [7, 11) is 1.27. The fourth-order valence-corrected chi connectivity index (χ4v) is 2.77. The van der Waals surface area contributed by atoms with Crippen LogP contribution in [-0.4, -0.2) is 30.6 Å². The third kappa shape index (κ3) is 4.03. The van der Waals surface area contributed by atoms with Gasteiger partial charge in [-0.05, 0) is 36.8 Å². The Hall–Kier alpha value is -3.48. The molecule has 7 heteroatoms. The molecule has 2 aromatic carbocycles. The molecule has 0 fully saturated rings. The van der Waals surface area contributed by atoms with Crippen LogP contribution in [0.2, 0.25) is 0 Å². The summed E-state index contributed by atoms with van der Waals surface area (Å²) in [5.74, 6) is -1.09. The van der Waals surface area contributed by atoms with Gasteiger partial charge in [0.15, 0.2) is 6.04 Å². The van der Waals surface area contributed by atoms with E-state index in [4.69, 9.17) is 4.74 Å². The molecule has 7 nitrogen and oxygen atoms in total. The first kappa shape index (κ1) is 18.3. The molecule has 1 N–H and O–H groups in total. The summed E-state index contributed by atoms with van der Waals surface area (Å²) < 4.78 is 4.80. The predicted molar refractivity (Wildman–Crippen MR) is 100 cm³/mol. The van der Waals surface area contributed by atoms with E-state index in [1.54, 1.807) is 55.5 Å². The van der Waals surface area contributed by atoms with Crippen LogP contribution < -0.4 is 10.3 Å². The minimum absolute atomic E-state index is 0.112. The molecular weight excluding hydrogens is 346 g/mol. The van der Waals surface area contributed by atoms with Gasteiger partial charge in [0.1, 0.15) is 0 Å². The first-order valence-electron chi connectivity index (χ1n) is 8.40. The maximum atomic E-state index is 12.6. The van der Waals surface area contributed by atoms with Gasteiger partial charge in [-0.15, -0.1) is 0 Å². The van der Waals surface area contributed by atoms with Crippen molar-refractivity contribution in [3.8, 4) is 0 Å². The maximum Gasteiger partial charge on any atom is 0.333 e. The van der Waals surface area contributed by atoms with Gasteiger partial charge in [-0.2, -0.15) is 5.10 Å². The monoisotopic (exact) mass is 365 g/mol. The molecule has 1 heterocycles. The molecule has 0 spiro atoms. The zero-order valence-electron chi connectivity index (χ0n) is 15.0. The van der Waals surface area contributed by atoms with Gasteiger partial charge in [0.2, 0.25) is 0 Å². The molecule has 0 aliphatic carbocycles. The quantitative estimate of drug-likeness (QED) is 0.825. The van der Waals surface area contributed by atoms with E-state index in [1.165, 1.54) is 12.1 Å². The number of carbonyl (C=O) groups is 3. The molecule has 1 atom stereocenters. The number of rotatable bonds is 5. The lowest BCUT2D eigenvalue weighted by Gasteiger charge is -2.17. The second kappa shape index (κ2) is 7.82. The average molecular weight is 365 g/mol. The van der Waals surface area contributed by atoms with Crippen LogP contribution in [0.4, 0.5) is 5.69 Å². The Balaban J connectivity index is 1.77. The number of amides is 2. The number of esters is 1. The van der Waals surface area contributed by atoms with E-state index in [0.29, 0.717) is 23.2 Å². The topological polar surface area (TPSA) is 88.1 Å². The van der Waals surface area contributed by atoms with E-state index in [0.717, 1.165) is 5.71 Å². The molecule has 2 aromatic rings. The standard InChI is InChI=1S/C20H19N3O4/c1-13-12-17(24)23(22-13)16-10-8-15(9-11-16)19(25)21-18(20(26)27-2)14-6-4-3-5-7-14/h3-11,18H,12H2,1-2H3,(H,21,25). The van der Waals surface area contributed by atoms with Crippen molar-refractivity contribution in [2.24, 2.45) is 5.10 Å². The number of nitrogens with zero attached hydrogens (tertiary/aromatic N) is 2. The minimum atomic E-state index is -0.907. The van der Waals surface area contributed by atoms with Crippen molar-refractivity contribution in [3.63, 3.8) is 0 Å². The summed E-state index contributed by atoms with van der Waals surface area (Å²) in [4.78, 5) is 36.5. The zero-order valence-corrected chi connectivity index (χ0v) is 15.0. The highest BCUT2D eigenvalue weighted by atomic mass is 16.5. The Kier molecular flexibility index (Phi) is 5.30. The van der Waals surface area contributed by atoms with Gasteiger partial charge >= 0.3 is 5.97 Å². The second-order valence-corrected chi connectivity index (χ2v) is 6.10. The lowest BCUT2D eigenvalue weighted by molar-refractivity contribution is -0.143. The normalized spacial score (nSPS) is 14.5. The maximum absolute atomic E-state index is 12.6. The molecule has 138 valence electrons. The van der Waals surface area contributed by atoms with Crippen molar-refractivity contribution in [1.82, 2.24) is 5.32 Å². The number of anilines is 1. The molecule has 1 aliphatic rings. The van der Waals surface area contributed by atoms with E-state index in [1.807, 2.05) is 6.07 Å². The largest absolute Gasteiger partial charge is 0.467 e. The molecule has 0 radical (unpaired) electrons. The van der Waals surface area contributed by atoms with Gasteiger partial charge in [0.25, 0.3) is 11.8 Å². The average Bonchev–Trinajstić information content (AvgIpc) is 3.04. The van der Waals surface area contributed by atoms with Crippen LogP contribution in [0.3, 0.4) is 0 Å². The Morgan fingerprint density at radius 2 is 1.78 bits per heavy atom. The van der Waals surface area contributed by atoms with Crippen molar-refractivity contribution in [1.29, 1.82) is 0 Å². The number of carbonyl (C=O) groups excluding carboxylic acids is 3. The number of hydrazone groups is 1. The summed E-state index contributed by atoms with van der Waals surface area (Å²) in [5, 5.41) is 8.18. The van der Waals surface area contributed by atoms with Crippen molar-refractivity contribution >= 4 is 29.2 Å². The smallest absolute Gasteiger partial charge is 0.333 e. The van der Waals surface area contributed by atoms with Gasteiger partial charge in [0.05, 0.1) is 19.2 Å². The zero-order chi connectivity index (χ0) is 19.4. The van der Waals surface area contributed by atoms with Crippen LogP contribution in [0.1, 0.15) is 35.3 Å². The SMILES string of the molecule is COC(=O)C(NC(=O)c1ccc(N2N=C(C)CC2=O)cc1)c1ccccc1. The number of methoxy groups -OCH3 is 1. The number of benzene rings is 2. The van der Waals surface area contributed by atoms with Gasteiger partial charge < -0.3 is 10.1 Å². The van der Waals surface area contributed by atoms with Crippen LogP contribution in [0.25, 0.3) is 0 Å². The summed E-state index contributed by atoms with van der Waals surface area (Å²) >= 11 is 0. The Morgan fingerprint density at radius 3 is 2.33 bits per heavy atom. The Labute approximate surface area is 156 Å². The van der Waals surface area contributed by atoms with E-state index in [9.17, 15) is 14.4 Å². The van der Waals surface area contributed by atoms with Gasteiger partial charge in [-0.25, -0.2) is 9.80 Å². The highest BCUT2D eigenvalue weighted by Gasteiger charge is 2.25. The Bertz CT molecular complexity index is 891. The third-order valence-electron chi connectivity index (χ3n) is 4.13. The molecule has 0 saturated heterocycles. The van der Waals surface area contributed by atoms with E-state index >= 15 is 0 Å². The molecule has 0 aromatic heterocycles. The van der Waals surface area contributed by atoms with Crippen LogP contribution >= 0.6 is 0 Å². The summed E-state index contributed by atoms with van der Waals surface area (Å²) in [6.07, 6.45) is 0.292. The van der Waals surface area contributed by atoms with Crippen molar-refractivity contribution in [2.75, 3.05) is 12.1 Å². The number of hydrogen-bond acceptors (Lipinski definition) is 5. The number of hydrogen-bond donors (Lipinski definition) is 1. The molecule has 1 unspecified atom stereocenters. The highest BCUT2D eigenvalue weighted by Crippen LogP contribution is 2.21. The van der Waals surface area contributed by atoms with Gasteiger partial charge in [0, 0.05) is 11.3 Å². The molecule has 27 heavy (non-hydrogen) atoms. The molecule has 2 amide bonds. The number of ether oxygens (including phenoxy) is 1. The van der Waals surface area contributed by atoms with Crippen molar-refractivity contribution in [3.05, 3.63) is 65.7 Å². The molecule has 0 bridgehead atoms. The van der Waals surface area contributed by atoms with Gasteiger partial charge in [-0.3, -0.25) is 9.59 Å².